The highest BCUT2D eigenvalue weighted by Crippen LogP contribution is 2.45. The Hall–Kier alpha value is -0.120. The summed E-state index contributed by atoms with van der Waals surface area (Å²) in [5.41, 5.74) is 6.76. The number of hydrogen-bond donors (Lipinski definition) is 3. The van der Waals surface area contributed by atoms with Gasteiger partial charge in [-0.15, -0.1) is 0 Å². The van der Waals surface area contributed by atoms with Crippen molar-refractivity contribution in [2.24, 2.45) is 16.6 Å². The zero-order valence-electron chi connectivity index (χ0n) is 12.1. The van der Waals surface area contributed by atoms with Gasteiger partial charge in [0.1, 0.15) is 0 Å². The van der Waals surface area contributed by atoms with Crippen LogP contribution >= 0.6 is 0 Å². The first-order valence-electron chi connectivity index (χ1n) is 6.81. The molecule has 0 aliphatic heterocycles. The van der Waals surface area contributed by atoms with Crippen LogP contribution in [-0.4, -0.2) is 29.8 Å². The Bertz CT molecular complexity index is 253. The highest BCUT2D eigenvalue weighted by atomic mass is 16.3. The molecule has 1 saturated carbocycles. The van der Waals surface area contributed by atoms with Crippen molar-refractivity contribution < 1.29 is 5.11 Å². The molecular formula is C14H30N2O. The van der Waals surface area contributed by atoms with E-state index in [2.05, 4.69) is 26.1 Å². The van der Waals surface area contributed by atoms with E-state index in [-0.39, 0.29) is 17.6 Å². The molecule has 3 heteroatoms. The van der Waals surface area contributed by atoms with Gasteiger partial charge in [-0.1, -0.05) is 20.8 Å². The molecule has 0 radical (unpaired) electrons. The van der Waals surface area contributed by atoms with E-state index >= 15 is 0 Å². The van der Waals surface area contributed by atoms with E-state index in [0.717, 1.165) is 19.4 Å². The van der Waals surface area contributed by atoms with E-state index in [9.17, 15) is 5.11 Å². The third-order valence-electron chi connectivity index (χ3n) is 4.05. The van der Waals surface area contributed by atoms with Gasteiger partial charge < -0.3 is 16.2 Å². The summed E-state index contributed by atoms with van der Waals surface area (Å²) in [5, 5.41) is 12.9. The summed E-state index contributed by atoms with van der Waals surface area (Å²) in [5.74, 6) is 0. The molecule has 1 rings (SSSR count). The first-order chi connectivity index (χ1) is 7.64. The van der Waals surface area contributed by atoms with E-state index in [1.807, 2.05) is 13.8 Å². The van der Waals surface area contributed by atoms with E-state index in [4.69, 9.17) is 5.73 Å². The van der Waals surface area contributed by atoms with E-state index in [1.165, 1.54) is 6.42 Å². The molecule has 17 heavy (non-hydrogen) atoms. The number of rotatable bonds is 4. The molecule has 1 aliphatic carbocycles. The highest BCUT2D eigenvalue weighted by molar-refractivity contribution is 4.94. The summed E-state index contributed by atoms with van der Waals surface area (Å²) in [6.07, 6.45) is 3.10. The molecule has 1 aliphatic rings. The Morgan fingerprint density at radius 2 is 1.88 bits per heavy atom. The second-order valence-electron chi connectivity index (χ2n) is 7.23. The summed E-state index contributed by atoms with van der Waals surface area (Å²) in [6, 6.07) is 0.459. The van der Waals surface area contributed by atoms with Crippen molar-refractivity contribution in [2.75, 3.05) is 6.54 Å². The molecule has 4 atom stereocenters. The number of nitrogens with two attached hydrogens (primary N) is 1. The largest absolute Gasteiger partial charge is 0.392 e. The number of aliphatic hydroxyl groups excluding tert-OH is 1. The van der Waals surface area contributed by atoms with Gasteiger partial charge in [0.05, 0.1) is 6.10 Å². The molecule has 4 unspecified atom stereocenters. The van der Waals surface area contributed by atoms with E-state index < -0.39 is 0 Å². The molecule has 0 bridgehead atoms. The fraction of sp³-hybridized carbons (Fsp3) is 1.00. The second kappa shape index (κ2) is 5.25. The quantitative estimate of drug-likeness (QED) is 0.705. The standard InChI is InChI=1S/C14H30N2O/c1-10(11(2)17)16-9-14(5)7-12(15)6-13(3,4)8-14/h10-12,16-17H,6-9,15H2,1-5H3. The van der Waals surface area contributed by atoms with Crippen molar-refractivity contribution in [1.29, 1.82) is 0 Å². The number of nitrogens with one attached hydrogen (secondary N) is 1. The minimum Gasteiger partial charge on any atom is -0.392 e. The number of hydrogen-bond acceptors (Lipinski definition) is 3. The monoisotopic (exact) mass is 242 g/mol. The Kier molecular flexibility index (Phi) is 4.61. The fourth-order valence-electron chi connectivity index (χ4n) is 3.43. The van der Waals surface area contributed by atoms with Crippen molar-refractivity contribution in [1.82, 2.24) is 5.32 Å². The normalized spacial score (nSPS) is 36.5. The summed E-state index contributed by atoms with van der Waals surface area (Å²) >= 11 is 0. The van der Waals surface area contributed by atoms with Gasteiger partial charge in [0.15, 0.2) is 0 Å². The molecule has 102 valence electrons. The van der Waals surface area contributed by atoms with Gasteiger partial charge in [-0.2, -0.15) is 0 Å². The second-order valence-corrected chi connectivity index (χ2v) is 7.23. The molecule has 0 saturated heterocycles. The molecule has 3 nitrogen and oxygen atoms in total. The van der Waals surface area contributed by atoms with Crippen LogP contribution in [0, 0.1) is 10.8 Å². The third-order valence-corrected chi connectivity index (χ3v) is 4.05. The van der Waals surface area contributed by atoms with Gasteiger partial charge >= 0.3 is 0 Å². The summed E-state index contributed by atoms with van der Waals surface area (Å²) < 4.78 is 0. The number of aliphatic hydroxyl groups is 1. The lowest BCUT2D eigenvalue weighted by atomic mass is 9.63. The van der Waals surface area contributed by atoms with Gasteiger partial charge in [-0.05, 0) is 43.9 Å². The zero-order chi connectivity index (χ0) is 13.3. The average molecular weight is 242 g/mol. The lowest BCUT2D eigenvalue weighted by molar-refractivity contribution is 0.0718. The molecule has 0 amide bonds. The van der Waals surface area contributed by atoms with Gasteiger partial charge in [-0.3, -0.25) is 0 Å². The topological polar surface area (TPSA) is 58.3 Å². The Morgan fingerprint density at radius 3 is 2.35 bits per heavy atom. The Morgan fingerprint density at radius 1 is 1.29 bits per heavy atom. The average Bonchev–Trinajstić information content (AvgIpc) is 2.09. The molecule has 1 fully saturated rings. The Labute approximate surface area is 106 Å². The third kappa shape index (κ3) is 4.57. The SMILES string of the molecule is CC(O)C(C)NCC1(C)CC(N)CC(C)(C)C1. The van der Waals surface area contributed by atoms with Crippen LogP contribution < -0.4 is 11.1 Å². The van der Waals surface area contributed by atoms with Crippen LogP contribution in [0.4, 0.5) is 0 Å². The lowest BCUT2D eigenvalue weighted by Crippen LogP contribution is -2.49. The summed E-state index contributed by atoms with van der Waals surface area (Å²) in [4.78, 5) is 0. The van der Waals surface area contributed by atoms with Gasteiger partial charge in [-0.25, -0.2) is 0 Å². The molecule has 0 aromatic heterocycles. The minimum atomic E-state index is -0.302. The van der Waals surface area contributed by atoms with Crippen molar-refractivity contribution in [3.63, 3.8) is 0 Å². The van der Waals surface area contributed by atoms with Gasteiger partial charge in [0.2, 0.25) is 0 Å². The summed E-state index contributed by atoms with van der Waals surface area (Å²) in [6.45, 7) is 11.7. The maximum atomic E-state index is 9.50. The van der Waals surface area contributed by atoms with Gasteiger partial charge in [0, 0.05) is 18.6 Å². The van der Waals surface area contributed by atoms with Crippen molar-refractivity contribution in [3.05, 3.63) is 0 Å². The van der Waals surface area contributed by atoms with Crippen LogP contribution in [-0.2, 0) is 0 Å². The maximum absolute atomic E-state index is 9.50. The van der Waals surface area contributed by atoms with Crippen LogP contribution in [0.3, 0.4) is 0 Å². The smallest absolute Gasteiger partial charge is 0.0662 e. The molecule has 4 N–H and O–H groups in total. The maximum Gasteiger partial charge on any atom is 0.0662 e. The van der Waals surface area contributed by atoms with Gasteiger partial charge in [0.25, 0.3) is 0 Å². The van der Waals surface area contributed by atoms with Crippen LogP contribution in [0.2, 0.25) is 0 Å². The van der Waals surface area contributed by atoms with Crippen molar-refractivity contribution >= 4 is 0 Å². The van der Waals surface area contributed by atoms with Crippen molar-refractivity contribution in [3.8, 4) is 0 Å². The van der Waals surface area contributed by atoms with Crippen LogP contribution in [0.5, 0.6) is 0 Å². The summed E-state index contributed by atoms with van der Waals surface area (Å²) in [7, 11) is 0. The molecule has 0 aromatic rings. The fourth-order valence-corrected chi connectivity index (χ4v) is 3.43. The molecular weight excluding hydrogens is 212 g/mol. The molecule has 0 spiro atoms. The van der Waals surface area contributed by atoms with Crippen LogP contribution in [0.15, 0.2) is 0 Å². The van der Waals surface area contributed by atoms with E-state index in [0.29, 0.717) is 11.5 Å². The van der Waals surface area contributed by atoms with E-state index in [1.54, 1.807) is 0 Å². The molecule has 0 heterocycles. The highest BCUT2D eigenvalue weighted by Gasteiger charge is 2.39. The van der Waals surface area contributed by atoms with Crippen molar-refractivity contribution in [2.45, 2.75) is 72.1 Å². The first kappa shape index (κ1) is 14.9. The molecule has 0 aromatic carbocycles. The van der Waals surface area contributed by atoms with Crippen LogP contribution in [0.25, 0.3) is 0 Å². The lowest BCUT2D eigenvalue weighted by Gasteiger charge is -2.46. The predicted octanol–water partition coefficient (Wildman–Crippen LogP) is 1.89. The minimum absolute atomic E-state index is 0.146. The predicted molar refractivity (Wildman–Crippen MR) is 72.9 cm³/mol. The first-order valence-corrected chi connectivity index (χ1v) is 6.81. The Balaban J connectivity index is 2.55. The van der Waals surface area contributed by atoms with Crippen LogP contribution in [0.1, 0.15) is 53.9 Å². The zero-order valence-corrected chi connectivity index (χ0v) is 12.1.